The van der Waals surface area contributed by atoms with Crippen LogP contribution in [0.5, 0.6) is 0 Å². The maximum Gasteiger partial charge on any atom is 0.228 e. The minimum Gasteiger partial charge on any atom is -0.377 e. The third-order valence-electron chi connectivity index (χ3n) is 5.16. The first-order chi connectivity index (χ1) is 12.5. The second kappa shape index (κ2) is 7.99. The van der Waals surface area contributed by atoms with Crippen molar-refractivity contribution in [3.8, 4) is 0 Å². The van der Waals surface area contributed by atoms with Crippen LogP contribution in [-0.4, -0.2) is 54.8 Å². The van der Waals surface area contributed by atoms with Gasteiger partial charge < -0.3 is 14.5 Å². The van der Waals surface area contributed by atoms with E-state index in [2.05, 4.69) is 6.92 Å². The lowest BCUT2D eigenvalue weighted by Crippen LogP contribution is -2.51. The van der Waals surface area contributed by atoms with Crippen molar-refractivity contribution in [2.45, 2.75) is 39.2 Å². The highest BCUT2D eigenvalue weighted by Gasteiger charge is 2.39. The Morgan fingerprint density at radius 3 is 2.62 bits per heavy atom. The Labute approximate surface area is 154 Å². The number of anilines is 1. The smallest absolute Gasteiger partial charge is 0.228 e. The van der Waals surface area contributed by atoms with E-state index >= 15 is 0 Å². The minimum absolute atomic E-state index is 0.0241. The summed E-state index contributed by atoms with van der Waals surface area (Å²) in [6, 6.07) is 7.70. The fourth-order valence-electron chi connectivity index (χ4n) is 3.71. The molecule has 2 aliphatic rings. The molecule has 2 amide bonds. The highest BCUT2D eigenvalue weighted by atomic mass is 16.5. The topological polar surface area (TPSA) is 66.9 Å². The molecule has 2 heterocycles. The number of ketones is 1. The molecule has 6 nitrogen and oxygen atoms in total. The van der Waals surface area contributed by atoms with Crippen molar-refractivity contribution in [1.29, 1.82) is 0 Å². The summed E-state index contributed by atoms with van der Waals surface area (Å²) < 4.78 is 5.44. The summed E-state index contributed by atoms with van der Waals surface area (Å²) in [5, 5.41) is 0. The Balaban J connectivity index is 1.70. The minimum atomic E-state index is -0.360. The van der Waals surface area contributed by atoms with Crippen LogP contribution in [0.1, 0.15) is 32.3 Å². The van der Waals surface area contributed by atoms with E-state index in [0.29, 0.717) is 32.7 Å². The number of ether oxygens (including phenoxy) is 1. The molecule has 2 aliphatic heterocycles. The molecule has 0 saturated carbocycles. The van der Waals surface area contributed by atoms with E-state index < -0.39 is 0 Å². The summed E-state index contributed by atoms with van der Waals surface area (Å²) in [7, 11) is 0. The highest BCUT2D eigenvalue weighted by molar-refractivity contribution is 6.00. The van der Waals surface area contributed by atoms with E-state index in [1.807, 2.05) is 24.3 Å². The fraction of sp³-hybridized carbons (Fsp3) is 0.550. The Morgan fingerprint density at radius 1 is 1.23 bits per heavy atom. The molecule has 0 unspecified atom stereocenters. The van der Waals surface area contributed by atoms with Crippen LogP contribution in [0, 0.1) is 5.92 Å². The summed E-state index contributed by atoms with van der Waals surface area (Å²) in [4.78, 5) is 40.4. The van der Waals surface area contributed by atoms with Crippen LogP contribution >= 0.6 is 0 Å². The number of benzene rings is 1. The highest BCUT2D eigenvalue weighted by Crippen LogP contribution is 2.28. The van der Waals surface area contributed by atoms with E-state index in [1.165, 1.54) is 12.5 Å². The molecule has 140 valence electrons. The summed E-state index contributed by atoms with van der Waals surface area (Å²) in [5.41, 5.74) is 2.05. The van der Waals surface area contributed by atoms with Crippen LogP contribution in [0.25, 0.3) is 0 Å². The first kappa shape index (κ1) is 18.6. The normalized spacial score (nSPS) is 23.4. The van der Waals surface area contributed by atoms with E-state index in [4.69, 9.17) is 4.74 Å². The number of rotatable bonds is 5. The maximum absolute atomic E-state index is 13.0. The van der Waals surface area contributed by atoms with Crippen LogP contribution in [0.2, 0.25) is 0 Å². The lowest BCUT2D eigenvalue weighted by molar-refractivity contribution is -0.145. The Hall–Kier alpha value is -2.21. The summed E-state index contributed by atoms with van der Waals surface area (Å²) in [6.07, 6.45) is 1.47. The van der Waals surface area contributed by atoms with Crippen molar-refractivity contribution >= 4 is 23.3 Å². The number of carbonyl (C=O) groups excluding carboxylic acids is 3. The van der Waals surface area contributed by atoms with Gasteiger partial charge in [-0.3, -0.25) is 14.4 Å². The third kappa shape index (κ3) is 3.96. The van der Waals surface area contributed by atoms with Crippen LogP contribution in [0.4, 0.5) is 5.69 Å². The van der Waals surface area contributed by atoms with Crippen molar-refractivity contribution in [2.75, 3.05) is 31.2 Å². The standard InChI is InChI=1S/C20H26N2O4/c1-3-15-4-6-17(7-5-15)22-12-16(11-19(22)24)20(25)21-8-9-26-13-18(21)10-14(2)23/h4-7,16,18H,3,8-13H2,1-2H3/t16-,18-/m1/s1. The molecule has 6 heteroatoms. The zero-order valence-electron chi connectivity index (χ0n) is 15.4. The average molecular weight is 358 g/mol. The molecule has 2 atom stereocenters. The van der Waals surface area contributed by atoms with Crippen LogP contribution in [0.15, 0.2) is 24.3 Å². The first-order valence-corrected chi connectivity index (χ1v) is 9.26. The lowest BCUT2D eigenvalue weighted by Gasteiger charge is -2.36. The van der Waals surface area contributed by atoms with Gasteiger partial charge in [-0.2, -0.15) is 0 Å². The number of amides is 2. The Kier molecular flexibility index (Phi) is 5.71. The predicted molar refractivity (Wildman–Crippen MR) is 97.9 cm³/mol. The van der Waals surface area contributed by atoms with Gasteiger partial charge >= 0.3 is 0 Å². The van der Waals surface area contributed by atoms with Crippen molar-refractivity contribution in [2.24, 2.45) is 5.92 Å². The molecule has 0 aliphatic carbocycles. The molecule has 1 aromatic carbocycles. The largest absolute Gasteiger partial charge is 0.377 e. The van der Waals surface area contributed by atoms with Crippen LogP contribution in [0.3, 0.4) is 0 Å². The molecule has 3 rings (SSSR count). The summed E-state index contributed by atoms with van der Waals surface area (Å²) >= 11 is 0. The zero-order chi connectivity index (χ0) is 18.7. The molecule has 0 spiro atoms. The summed E-state index contributed by atoms with van der Waals surface area (Å²) in [6.45, 7) is 5.35. The second-order valence-electron chi connectivity index (χ2n) is 7.09. The quantitative estimate of drug-likeness (QED) is 0.805. The molecular formula is C20H26N2O4. The van der Waals surface area contributed by atoms with Crippen LogP contribution in [-0.2, 0) is 25.5 Å². The molecule has 0 N–H and O–H groups in total. The first-order valence-electron chi connectivity index (χ1n) is 9.26. The van der Waals surface area contributed by atoms with E-state index in [1.54, 1.807) is 9.80 Å². The van der Waals surface area contributed by atoms with Crippen molar-refractivity contribution < 1.29 is 19.1 Å². The van der Waals surface area contributed by atoms with Gasteiger partial charge in [0.1, 0.15) is 5.78 Å². The number of carbonyl (C=O) groups is 3. The molecule has 2 saturated heterocycles. The SMILES string of the molecule is CCc1ccc(N2C[C@H](C(=O)N3CCOC[C@H]3CC(C)=O)CC2=O)cc1. The van der Waals surface area contributed by atoms with E-state index in [0.717, 1.165) is 12.1 Å². The average Bonchev–Trinajstić information content (AvgIpc) is 3.03. The Bertz CT molecular complexity index is 686. The van der Waals surface area contributed by atoms with Crippen molar-refractivity contribution in [1.82, 2.24) is 4.90 Å². The van der Waals surface area contributed by atoms with Gasteiger partial charge in [0.15, 0.2) is 0 Å². The molecule has 1 aromatic rings. The van der Waals surface area contributed by atoms with Gasteiger partial charge in [-0.15, -0.1) is 0 Å². The predicted octanol–water partition coefficient (Wildman–Crippen LogP) is 1.81. The lowest BCUT2D eigenvalue weighted by atomic mass is 10.0. The fourth-order valence-corrected chi connectivity index (χ4v) is 3.71. The Morgan fingerprint density at radius 2 is 1.96 bits per heavy atom. The van der Waals surface area contributed by atoms with Gasteiger partial charge in [0, 0.05) is 31.6 Å². The van der Waals surface area contributed by atoms with Crippen LogP contribution < -0.4 is 4.90 Å². The van der Waals surface area contributed by atoms with Gasteiger partial charge in [-0.05, 0) is 31.0 Å². The molecule has 26 heavy (non-hydrogen) atoms. The second-order valence-corrected chi connectivity index (χ2v) is 7.09. The number of hydrogen-bond donors (Lipinski definition) is 0. The van der Waals surface area contributed by atoms with Gasteiger partial charge in [0.2, 0.25) is 11.8 Å². The number of Topliss-reactive ketones (excluding diaryl/α,β-unsaturated/α-hetero) is 1. The summed E-state index contributed by atoms with van der Waals surface area (Å²) in [5.74, 6) is -0.385. The van der Waals surface area contributed by atoms with Gasteiger partial charge in [-0.1, -0.05) is 19.1 Å². The third-order valence-corrected chi connectivity index (χ3v) is 5.16. The van der Waals surface area contributed by atoms with Gasteiger partial charge in [0.25, 0.3) is 0 Å². The number of nitrogens with zero attached hydrogens (tertiary/aromatic N) is 2. The maximum atomic E-state index is 13.0. The molecule has 2 fully saturated rings. The molecule has 0 bridgehead atoms. The van der Waals surface area contributed by atoms with E-state index in [9.17, 15) is 14.4 Å². The number of hydrogen-bond acceptors (Lipinski definition) is 4. The molecule has 0 aromatic heterocycles. The van der Waals surface area contributed by atoms with Crippen molar-refractivity contribution in [3.05, 3.63) is 29.8 Å². The number of morpholine rings is 1. The molecule has 0 radical (unpaired) electrons. The van der Waals surface area contributed by atoms with Crippen molar-refractivity contribution in [3.63, 3.8) is 0 Å². The van der Waals surface area contributed by atoms with Gasteiger partial charge in [-0.25, -0.2) is 0 Å². The van der Waals surface area contributed by atoms with E-state index in [-0.39, 0.29) is 36.0 Å². The molecular weight excluding hydrogens is 332 g/mol. The van der Waals surface area contributed by atoms with Gasteiger partial charge in [0.05, 0.1) is 25.2 Å². The zero-order valence-corrected chi connectivity index (χ0v) is 15.4. The number of aryl methyl sites for hydroxylation is 1. The monoisotopic (exact) mass is 358 g/mol.